The highest BCUT2D eigenvalue weighted by Crippen LogP contribution is 2.32. The van der Waals surface area contributed by atoms with Gasteiger partial charge in [0.05, 0.1) is 4.92 Å². The lowest BCUT2D eigenvalue weighted by Gasteiger charge is -2.08. The van der Waals surface area contributed by atoms with E-state index >= 15 is 0 Å². The summed E-state index contributed by atoms with van der Waals surface area (Å²) in [4.78, 5) is 15.5. The summed E-state index contributed by atoms with van der Waals surface area (Å²) in [6, 6.07) is 22.0. The van der Waals surface area contributed by atoms with Gasteiger partial charge in [-0.05, 0) is 36.9 Å². The van der Waals surface area contributed by atoms with Crippen LogP contribution in [-0.4, -0.2) is 17.0 Å². The van der Waals surface area contributed by atoms with Gasteiger partial charge in [-0.2, -0.15) is 0 Å². The van der Waals surface area contributed by atoms with Crippen LogP contribution in [0.1, 0.15) is 5.56 Å². The number of oxazole rings is 1. The molecule has 0 atom stereocenters. The molecule has 7 nitrogen and oxygen atoms in total. The summed E-state index contributed by atoms with van der Waals surface area (Å²) >= 11 is 0. The molecule has 1 aromatic heterocycles. The molecular formula is C21H20N4O3. The van der Waals surface area contributed by atoms with Gasteiger partial charge < -0.3 is 15.5 Å². The highest BCUT2D eigenvalue weighted by atomic mass is 16.6. The summed E-state index contributed by atoms with van der Waals surface area (Å²) in [6.45, 7) is 0.504. The minimum Gasteiger partial charge on any atom is -0.436 e. The number of hydrogen-bond acceptors (Lipinski definition) is 6. The topological polar surface area (TPSA) is 107 Å². The van der Waals surface area contributed by atoms with Crippen LogP contribution in [0.25, 0.3) is 22.6 Å². The number of rotatable bonds is 5. The Morgan fingerprint density at radius 1 is 1.04 bits per heavy atom. The number of nitro groups is 1. The summed E-state index contributed by atoms with van der Waals surface area (Å²) in [5.74, 6) is 0.365. The highest BCUT2D eigenvalue weighted by Gasteiger charge is 2.17. The van der Waals surface area contributed by atoms with Crippen molar-refractivity contribution >= 4 is 22.5 Å². The van der Waals surface area contributed by atoms with E-state index in [1.807, 2.05) is 54.6 Å². The van der Waals surface area contributed by atoms with Crippen molar-refractivity contribution in [3.8, 4) is 11.5 Å². The summed E-state index contributed by atoms with van der Waals surface area (Å²) in [5, 5.41) is 14.6. The number of para-hydroxylation sites is 2. The molecule has 4 rings (SSSR count). The Morgan fingerprint density at radius 3 is 2.46 bits per heavy atom. The van der Waals surface area contributed by atoms with Crippen molar-refractivity contribution < 1.29 is 9.34 Å². The summed E-state index contributed by atoms with van der Waals surface area (Å²) in [6.07, 6.45) is 0. The molecule has 0 radical (unpaired) electrons. The molecule has 0 unspecified atom stereocenters. The quantitative estimate of drug-likeness (QED) is 0.390. The maximum atomic E-state index is 11.5. The SMILES string of the molecule is CN.O=[N+]([O-])c1cc(-c2nc3ccccc3o2)ccc1NCc1ccccc1. The average molecular weight is 376 g/mol. The molecule has 0 amide bonds. The van der Waals surface area contributed by atoms with Gasteiger partial charge in [-0.15, -0.1) is 0 Å². The van der Waals surface area contributed by atoms with Crippen LogP contribution in [-0.2, 0) is 6.54 Å². The van der Waals surface area contributed by atoms with Crippen LogP contribution in [0.4, 0.5) is 11.4 Å². The maximum absolute atomic E-state index is 11.5. The van der Waals surface area contributed by atoms with E-state index in [0.717, 1.165) is 11.1 Å². The summed E-state index contributed by atoms with van der Waals surface area (Å²) < 4.78 is 5.70. The standard InChI is InChI=1S/C20H15N3O3.CH5N/c24-23(25)18-12-15(20-22-17-8-4-5-9-19(17)26-20)10-11-16(18)21-13-14-6-2-1-3-7-14;1-2/h1-12,21H,13H2;2H2,1H3. The molecule has 1 heterocycles. The van der Waals surface area contributed by atoms with Gasteiger partial charge in [0.15, 0.2) is 5.58 Å². The third-order valence-electron chi connectivity index (χ3n) is 4.06. The Bertz CT molecular complexity index is 1040. The number of nitrogens with one attached hydrogen (secondary N) is 1. The second-order valence-electron chi connectivity index (χ2n) is 5.81. The summed E-state index contributed by atoms with van der Waals surface area (Å²) in [5.41, 5.74) is 7.93. The van der Waals surface area contributed by atoms with Crippen LogP contribution in [0.3, 0.4) is 0 Å². The molecular weight excluding hydrogens is 356 g/mol. The van der Waals surface area contributed by atoms with Crippen molar-refractivity contribution in [2.75, 3.05) is 12.4 Å². The monoisotopic (exact) mass is 376 g/mol. The predicted molar refractivity (Wildman–Crippen MR) is 110 cm³/mol. The van der Waals surface area contributed by atoms with E-state index in [2.05, 4.69) is 16.0 Å². The largest absolute Gasteiger partial charge is 0.436 e. The fraction of sp³-hybridized carbons (Fsp3) is 0.0952. The molecule has 0 aliphatic heterocycles. The van der Waals surface area contributed by atoms with Gasteiger partial charge in [0.1, 0.15) is 11.2 Å². The number of nitrogens with two attached hydrogens (primary N) is 1. The van der Waals surface area contributed by atoms with Crippen LogP contribution < -0.4 is 11.1 Å². The molecule has 3 N–H and O–H groups in total. The minimum atomic E-state index is -0.403. The maximum Gasteiger partial charge on any atom is 0.293 e. The van der Waals surface area contributed by atoms with Gasteiger partial charge in [-0.1, -0.05) is 42.5 Å². The Labute approximate surface area is 162 Å². The zero-order valence-corrected chi connectivity index (χ0v) is 15.3. The molecule has 7 heteroatoms. The number of nitrogens with zero attached hydrogens (tertiary/aromatic N) is 2. The molecule has 0 fully saturated rings. The van der Waals surface area contributed by atoms with Crippen LogP contribution in [0.5, 0.6) is 0 Å². The molecule has 4 aromatic rings. The zero-order chi connectivity index (χ0) is 19.9. The van der Waals surface area contributed by atoms with Crippen LogP contribution in [0.2, 0.25) is 0 Å². The molecule has 28 heavy (non-hydrogen) atoms. The minimum absolute atomic E-state index is 0.0133. The number of hydrogen-bond donors (Lipinski definition) is 2. The van der Waals surface area contributed by atoms with Crippen LogP contribution >= 0.6 is 0 Å². The number of benzene rings is 3. The second kappa shape index (κ2) is 8.79. The van der Waals surface area contributed by atoms with Gasteiger partial charge in [0, 0.05) is 18.2 Å². The lowest BCUT2D eigenvalue weighted by molar-refractivity contribution is -0.383. The van der Waals surface area contributed by atoms with E-state index in [4.69, 9.17) is 4.42 Å². The first-order valence-electron chi connectivity index (χ1n) is 8.70. The van der Waals surface area contributed by atoms with E-state index in [0.29, 0.717) is 29.3 Å². The number of aromatic nitrogens is 1. The first-order valence-corrected chi connectivity index (χ1v) is 8.70. The Kier molecular flexibility index (Phi) is 5.98. The van der Waals surface area contributed by atoms with Crippen molar-refractivity contribution in [2.45, 2.75) is 6.54 Å². The molecule has 0 saturated heterocycles. The average Bonchev–Trinajstić information content (AvgIpc) is 3.18. The smallest absolute Gasteiger partial charge is 0.293 e. The highest BCUT2D eigenvalue weighted by molar-refractivity contribution is 5.77. The van der Waals surface area contributed by atoms with Gasteiger partial charge in [-0.25, -0.2) is 4.98 Å². The second-order valence-corrected chi connectivity index (χ2v) is 5.81. The van der Waals surface area contributed by atoms with Crippen molar-refractivity contribution in [2.24, 2.45) is 5.73 Å². The third-order valence-corrected chi connectivity index (χ3v) is 4.06. The molecule has 3 aromatic carbocycles. The molecule has 0 aliphatic rings. The van der Waals surface area contributed by atoms with Gasteiger partial charge in [0.25, 0.3) is 5.69 Å². The Morgan fingerprint density at radius 2 is 1.75 bits per heavy atom. The Hall–Kier alpha value is -3.71. The molecule has 0 saturated carbocycles. The Balaban J connectivity index is 0.00000109. The van der Waals surface area contributed by atoms with Crippen LogP contribution in [0.15, 0.2) is 77.2 Å². The fourth-order valence-corrected chi connectivity index (χ4v) is 2.75. The van der Waals surface area contributed by atoms with Gasteiger partial charge in [0.2, 0.25) is 5.89 Å². The van der Waals surface area contributed by atoms with Gasteiger partial charge in [-0.3, -0.25) is 10.1 Å². The lowest BCUT2D eigenvalue weighted by atomic mass is 10.1. The first kappa shape index (κ1) is 19.1. The van der Waals surface area contributed by atoms with Crippen molar-refractivity contribution in [1.82, 2.24) is 4.98 Å². The fourth-order valence-electron chi connectivity index (χ4n) is 2.75. The molecule has 142 valence electrons. The number of nitro benzene ring substituents is 1. The van der Waals surface area contributed by atoms with Crippen molar-refractivity contribution in [1.29, 1.82) is 0 Å². The van der Waals surface area contributed by atoms with Crippen molar-refractivity contribution in [3.05, 3.63) is 88.5 Å². The van der Waals surface area contributed by atoms with Gasteiger partial charge >= 0.3 is 0 Å². The van der Waals surface area contributed by atoms with Crippen molar-refractivity contribution in [3.63, 3.8) is 0 Å². The van der Waals surface area contributed by atoms with E-state index in [-0.39, 0.29) is 5.69 Å². The van der Waals surface area contributed by atoms with E-state index in [1.165, 1.54) is 13.1 Å². The lowest BCUT2D eigenvalue weighted by Crippen LogP contribution is -2.02. The number of fused-ring (bicyclic) bond motifs is 1. The van der Waals surface area contributed by atoms with E-state index in [9.17, 15) is 10.1 Å². The third kappa shape index (κ3) is 4.16. The zero-order valence-electron chi connectivity index (χ0n) is 15.3. The van der Waals surface area contributed by atoms with Crippen LogP contribution in [0, 0.1) is 10.1 Å². The van der Waals surface area contributed by atoms with E-state index < -0.39 is 4.92 Å². The normalized spacial score (nSPS) is 10.2. The predicted octanol–water partition coefficient (Wildman–Crippen LogP) is 4.59. The first-order chi connectivity index (χ1) is 13.7. The molecule has 0 spiro atoms. The molecule has 0 aliphatic carbocycles. The van der Waals surface area contributed by atoms with E-state index in [1.54, 1.807) is 12.1 Å². The number of anilines is 1. The summed E-state index contributed by atoms with van der Waals surface area (Å²) in [7, 11) is 1.50. The molecule has 0 bridgehead atoms.